The first kappa shape index (κ1) is 17.0. The fourth-order valence-corrected chi connectivity index (χ4v) is 2.45. The minimum Gasteiger partial charge on any atom is -0.342 e. The van der Waals surface area contributed by atoms with Crippen molar-refractivity contribution in [1.29, 1.82) is 0 Å². The molecular formula is C14H17N5O3S. The molecule has 23 heavy (non-hydrogen) atoms. The van der Waals surface area contributed by atoms with Gasteiger partial charge >= 0.3 is 0 Å². The summed E-state index contributed by atoms with van der Waals surface area (Å²) in [6.07, 6.45) is 2.84. The van der Waals surface area contributed by atoms with Crippen LogP contribution in [0.25, 0.3) is 0 Å². The van der Waals surface area contributed by atoms with Crippen molar-refractivity contribution in [3.63, 3.8) is 0 Å². The van der Waals surface area contributed by atoms with Gasteiger partial charge in [0.25, 0.3) is 15.9 Å². The number of aryl methyl sites for hydroxylation is 1. The maximum atomic E-state index is 12.2. The highest BCUT2D eigenvalue weighted by atomic mass is 32.2. The van der Waals surface area contributed by atoms with Crippen LogP contribution in [0.2, 0.25) is 0 Å². The molecule has 1 unspecified atom stereocenters. The van der Waals surface area contributed by atoms with Crippen molar-refractivity contribution < 1.29 is 13.2 Å². The van der Waals surface area contributed by atoms with Crippen LogP contribution in [0.3, 0.4) is 0 Å². The fraction of sp³-hybridized carbons (Fsp3) is 0.286. The lowest BCUT2D eigenvalue weighted by Crippen LogP contribution is -2.28. The van der Waals surface area contributed by atoms with E-state index in [-0.39, 0.29) is 22.5 Å². The normalized spacial score (nSPS) is 12.7. The summed E-state index contributed by atoms with van der Waals surface area (Å²) in [6.45, 7) is 3.60. The SMILES string of the molecule is CNS(=O)(=O)c1ccc(C(=O)NC(C)c2nccc(C)n2)cn1. The molecule has 0 aliphatic heterocycles. The zero-order chi connectivity index (χ0) is 17.0. The number of carbonyl (C=O) groups is 1. The van der Waals surface area contributed by atoms with E-state index in [1.54, 1.807) is 19.2 Å². The summed E-state index contributed by atoms with van der Waals surface area (Å²) in [5, 5.41) is 2.60. The lowest BCUT2D eigenvalue weighted by Gasteiger charge is -2.13. The van der Waals surface area contributed by atoms with Crippen molar-refractivity contribution in [1.82, 2.24) is 25.0 Å². The van der Waals surface area contributed by atoms with Crippen LogP contribution in [0.1, 0.15) is 34.8 Å². The molecule has 0 spiro atoms. The molecule has 0 fully saturated rings. The summed E-state index contributed by atoms with van der Waals surface area (Å²) in [5.74, 6) is 0.115. The van der Waals surface area contributed by atoms with Crippen molar-refractivity contribution in [2.24, 2.45) is 0 Å². The lowest BCUT2D eigenvalue weighted by molar-refractivity contribution is 0.0937. The number of rotatable bonds is 5. The molecule has 122 valence electrons. The summed E-state index contributed by atoms with van der Waals surface area (Å²) in [5.41, 5.74) is 1.05. The molecule has 9 heteroatoms. The molecule has 0 aliphatic rings. The van der Waals surface area contributed by atoms with Crippen molar-refractivity contribution in [3.8, 4) is 0 Å². The number of nitrogens with zero attached hydrogens (tertiary/aromatic N) is 3. The number of hydrogen-bond acceptors (Lipinski definition) is 6. The molecular weight excluding hydrogens is 318 g/mol. The number of aromatic nitrogens is 3. The van der Waals surface area contributed by atoms with E-state index >= 15 is 0 Å². The summed E-state index contributed by atoms with van der Waals surface area (Å²) in [7, 11) is -2.33. The molecule has 0 saturated heterocycles. The quantitative estimate of drug-likeness (QED) is 0.826. The van der Waals surface area contributed by atoms with Gasteiger partial charge < -0.3 is 5.32 Å². The van der Waals surface area contributed by atoms with Gasteiger partial charge in [0.05, 0.1) is 11.6 Å². The lowest BCUT2D eigenvalue weighted by atomic mass is 10.2. The van der Waals surface area contributed by atoms with Crippen molar-refractivity contribution in [3.05, 3.63) is 47.7 Å². The van der Waals surface area contributed by atoms with Gasteiger partial charge in [-0.05, 0) is 39.1 Å². The second-order valence-corrected chi connectivity index (χ2v) is 6.68. The van der Waals surface area contributed by atoms with Crippen molar-refractivity contribution >= 4 is 15.9 Å². The van der Waals surface area contributed by atoms with Gasteiger partial charge in [-0.25, -0.2) is 28.1 Å². The summed E-state index contributed by atoms with van der Waals surface area (Å²) >= 11 is 0. The van der Waals surface area contributed by atoms with Gasteiger partial charge in [-0.15, -0.1) is 0 Å². The summed E-state index contributed by atoms with van der Waals surface area (Å²) in [6, 6.07) is 4.05. The van der Waals surface area contributed by atoms with Gasteiger partial charge in [0, 0.05) is 18.1 Å². The first-order valence-corrected chi connectivity index (χ1v) is 8.32. The predicted octanol–water partition coefficient (Wildman–Crippen LogP) is 0.579. The van der Waals surface area contributed by atoms with E-state index in [9.17, 15) is 13.2 Å². The molecule has 2 N–H and O–H groups in total. The Labute approximate surface area is 134 Å². The van der Waals surface area contributed by atoms with Crippen molar-refractivity contribution in [2.75, 3.05) is 7.05 Å². The Balaban J connectivity index is 2.12. The number of carbonyl (C=O) groups excluding carboxylic acids is 1. The van der Waals surface area contributed by atoms with Crippen LogP contribution < -0.4 is 10.0 Å². The average molecular weight is 335 g/mol. The van der Waals surface area contributed by atoms with E-state index in [4.69, 9.17) is 0 Å². The number of amides is 1. The second-order valence-electron chi connectivity index (χ2n) is 4.84. The van der Waals surface area contributed by atoms with Crippen LogP contribution >= 0.6 is 0 Å². The molecule has 2 rings (SSSR count). The van der Waals surface area contributed by atoms with Crippen LogP contribution in [-0.2, 0) is 10.0 Å². The monoisotopic (exact) mass is 335 g/mol. The van der Waals surface area contributed by atoms with Crippen LogP contribution in [0, 0.1) is 6.92 Å². The molecule has 8 nitrogen and oxygen atoms in total. The van der Waals surface area contributed by atoms with E-state index in [1.165, 1.54) is 25.4 Å². The fourth-order valence-electron chi connectivity index (χ4n) is 1.80. The number of pyridine rings is 1. The molecule has 0 aromatic carbocycles. The first-order valence-electron chi connectivity index (χ1n) is 6.83. The Bertz CT molecular complexity index is 805. The predicted molar refractivity (Wildman–Crippen MR) is 83.1 cm³/mol. The topological polar surface area (TPSA) is 114 Å². The smallest absolute Gasteiger partial charge is 0.257 e. The third-order valence-electron chi connectivity index (χ3n) is 3.09. The van der Waals surface area contributed by atoms with E-state index in [0.717, 1.165) is 5.69 Å². The minimum atomic E-state index is -3.62. The van der Waals surface area contributed by atoms with E-state index in [1.807, 2.05) is 6.92 Å². The Kier molecular flexibility index (Phi) is 5.02. The first-order chi connectivity index (χ1) is 10.8. The highest BCUT2D eigenvalue weighted by Gasteiger charge is 2.16. The average Bonchev–Trinajstić information content (AvgIpc) is 2.55. The van der Waals surface area contributed by atoms with Gasteiger partial charge in [-0.1, -0.05) is 0 Å². The third kappa shape index (κ3) is 4.08. The molecule has 1 amide bonds. The van der Waals surface area contributed by atoms with Crippen LogP contribution in [0.5, 0.6) is 0 Å². The number of sulfonamides is 1. The maximum Gasteiger partial charge on any atom is 0.257 e. The van der Waals surface area contributed by atoms with Crippen LogP contribution in [0.4, 0.5) is 0 Å². The number of hydrogen-bond donors (Lipinski definition) is 2. The molecule has 0 saturated carbocycles. The van der Waals surface area contributed by atoms with Crippen molar-refractivity contribution in [2.45, 2.75) is 24.9 Å². The molecule has 2 heterocycles. The van der Waals surface area contributed by atoms with Gasteiger partial charge in [0.2, 0.25) is 0 Å². The molecule has 2 aromatic heterocycles. The Morgan fingerprint density at radius 3 is 2.52 bits per heavy atom. The molecule has 0 bridgehead atoms. The number of nitrogens with one attached hydrogen (secondary N) is 2. The van der Waals surface area contributed by atoms with Crippen LogP contribution in [-0.4, -0.2) is 36.3 Å². The van der Waals surface area contributed by atoms with E-state index in [2.05, 4.69) is 25.0 Å². The molecule has 2 aromatic rings. The summed E-state index contributed by atoms with van der Waals surface area (Å²) < 4.78 is 25.3. The maximum absolute atomic E-state index is 12.2. The van der Waals surface area contributed by atoms with Gasteiger partial charge in [0.15, 0.2) is 5.03 Å². The third-order valence-corrected chi connectivity index (χ3v) is 4.42. The summed E-state index contributed by atoms with van der Waals surface area (Å²) in [4.78, 5) is 24.3. The largest absolute Gasteiger partial charge is 0.342 e. The molecule has 1 atom stereocenters. The zero-order valence-electron chi connectivity index (χ0n) is 12.9. The van der Waals surface area contributed by atoms with Gasteiger partial charge in [-0.2, -0.15) is 0 Å². The molecule has 0 aliphatic carbocycles. The minimum absolute atomic E-state index is 0.147. The Morgan fingerprint density at radius 2 is 1.96 bits per heavy atom. The highest BCUT2D eigenvalue weighted by molar-refractivity contribution is 7.89. The zero-order valence-corrected chi connectivity index (χ0v) is 13.8. The Morgan fingerprint density at radius 1 is 1.22 bits per heavy atom. The van der Waals surface area contributed by atoms with Gasteiger partial charge in [-0.3, -0.25) is 4.79 Å². The highest BCUT2D eigenvalue weighted by Crippen LogP contribution is 2.10. The van der Waals surface area contributed by atoms with Crippen LogP contribution in [0.15, 0.2) is 35.6 Å². The second kappa shape index (κ2) is 6.80. The molecule has 0 radical (unpaired) electrons. The standard InChI is InChI=1S/C14H17N5O3S/c1-9-6-7-16-13(18-9)10(2)19-14(20)11-4-5-12(17-8-11)23(21,22)15-3/h4-8,10,15H,1-3H3,(H,19,20). The Hall–Kier alpha value is -2.39. The van der Waals surface area contributed by atoms with Gasteiger partial charge in [0.1, 0.15) is 5.82 Å². The van der Waals surface area contributed by atoms with E-state index in [0.29, 0.717) is 5.82 Å². The van der Waals surface area contributed by atoms with E-state index < -0.39 is 10.0 Å².